The van der Waals surface area contributed by atoms with Crippen LogP contribution in [-0.4, -0.2) is 48.3 Å². The average molecular weight is 337 g/mol. The van der Waals surface area contributed by atoms with Crippen LogP contribution in [0.5, 0.6) is 0 Å². The Morgan fingerprint density at radius 1 is 1.38 bits per heavy atom. The minimum Gasteiger partial charge on any atom is -0.393 e. The number of rotatable bonds is 7. The fourth-order valence-corrected chi connectivity index (χ4v) is 2.75. The number of hydrogen-bond acceptors (Lipinski definition) is 6. The summed E-state index contributed by atoms with van der Waals surface area (Å²) in [6.45, 7) is 0.861. The van der Waals surface area contributed by atoms with Crippen molar-refractivity contribution in [1.82, 2.24) is 5.32 Å². The van der Waals surface area contributed by atoms with Crippen LogP contribution in [-0.2, 0) is 4.74 Å². The summed E-state index contributed by atoms with van der Waals surface area (Å²) in [6, 6.07) is 4.38. The Morgan fingerprint density at radius 2 is 2.08 bits per heavy atom. The third-order valence-electron chi connectivity index (χ3n) is 4.11. The van der Waals surface area contributed by atoms with Crippen LogP contribution < -0.4 is 10.6 Å². The molecule has 1 aliphatic carbocycles. The molecule has 8 nitrogen and oxygen atoms in total. The second-order valence-corrected chi connectivity index (χ2v) is 5.89. The predicted octanol–water partition coefficient (Wildman–Crippen LogP) is 1.69. The Morgan fingerprint density at radius 3 is 2.71 bits per heavy atom. The van der Waals surface area contributed by atoms with Gasteiger partial charge in [-0.15, -0.1) is 0 Å². The van der Waals surface area contributed by atoms with Gasteiger partial charge >= 0.3 is 0 Å². The number of nitrogens with one attached hydrogen (secondary N) is 2. The van der Waals surface area contributed by atoms with Gasteiger partial charge in [0.1, 0.15) is 5.69 Å². The van der Waals surface area contributed by atoms with Gasteiger partial charge in [-0.25, -0.2) is 0 Å². The normalized spacial score (nSPS) is 20.4. The van der Waals surface area contributed by atoms with Gasteiger partial charge in [0.05, 0.1) is 17.6 Å². The molecule has 2 rings (SSSR count). The van der Waals surface area contributed by atoms with E-state index in [-0.39, 0.29) is 29.3 Å². The van der Waals surface area contributed by atoms with E-state index in [2.05, 4.69) is 10.6 Å². The molecule has 1 fully saturated rings. The molecule has 1 aromatic rings. The summed E-state index contributed by atoms with van der Waals surface area (Å²) < 4.78 is 4.90. The van der Waals surface area contributed by atoms with Crippen molar-refractivity contribution in [1.29, 1.82) is 0 Å². The maximum absolute atomic E-state index is 12.3. The molecule has 0 saturated heterocycles. The smallest absolute Gasteiger partial charge is 0.293 e. The Hall–Kier alpha value is -2.19. The third-order valence-corrected chi connectivity index (χ3v) is 4.11. The molecule has 0 unspecified atom stereocenters. The SMILES string of the molecule is COCCNc1ccc(C(=O)NC2CCC(O)CC2)cc1[N+](=O)[O-]. The minimum atomic E-state index is -0.511. The van der Waals surface area contributed by atoms with Crippen LogP contribution in [0.2, 0.25) is 0 Å². The van der Waals surface area contributed by atoms with Crippen molar-refractivity contribution in [2.75, 3.05) is 25.6 Å². The fourth-order valence-electron chi connectivity index (χ4n) is 2.75. The number of benzene rings is 1. The van der Waals surface area contributed by atoms with Crippen LogP contribution in [0.3, 0.4) is 0 Å². The van der Waals surface area contributed by atoms with Gasteiger partial charge in [-0.05, 0) is 37.8 Å². The number of aliphatic hydroxyl groups is 1. The molecule has 132 valence electrons. The number of amides is 1. The van der Waals surface area contributed by atoms with Gasteiger partial charge in [0.25, 0.3) is 11.6 Å². The number of hydrogen-bond donors (Lipinski definition) is 3. The molecule has 0 spiro atoms. The van der Waals surface area contributed by atoms with Crippen LogP contribution in [0.15, 0.2) is 18.2 Å². The third kappa shape index (κ3) is 4.90. The topological polar surface area (TPSA) is 114 Å². The molecule has 1 saturated carbocycles. The van der Waals surface area contributed by atoms with Crippen molar-refractivity contribution in [3.05, 3.63) is 33.9 Å². The molecular weight excluding hydrogens is 314 g/mol. The maximum Gasteiger partial charge on any atom is 0.293 e. The number of carbonyl (C=O) groups is 1. The second-order valence-electron chi connectivity index (χ2n) is 5.89. The lowest BCUT2D eigenvalue weighted by atomic mass is 9.93. The van der Waals surface area contributed by atoms with Gasteiger partial charge in [-0.1, -0.05) is 0 Å². The number of nitro benzene ring substituents is 1. The summed E-state index contributed by atoms with van der Waals surface area (Å²) >= 11 is 0. The lowest BCUT2D eigenvalue weighted by Gasteiger charge is -2.26. The van der Waals surface area contributed by atoms with Crippen molar-refractivity contribution in [3.8, 4) is 0 Å². The number of anilines is 1. The molecule has 24 heavy (non-hydrogen) atoms. The second kappa shape index (κ2) is 8.60. The van der Waals surface area contributed by atoms with Crippen LogP contribution in [0.4, 0.5) is 11.4 Å². The molecule has 0 heterocycles. The summed E-state index contributed by atoms with van der Waals surface area (Å²) in [5.41, 5.74) is 0.470. The highest BCUT2D eigenvalue weighted by molar-refractivity contribution is 5.95. The Bertz CT molecular complexity index is 585. The van der Waals surface area contributed by atoms with Crippen molar-refractivity contribution in [3.63, 3.8) is 0 Å². The molecule has 1 aromatic carbocycles. The first kappa shape index (κ1) is 18.2. The van der Waals surface area contributed by atoms with Gasteiger partial charge < -0.3 is 20.5 Å². The maximum atomic E-state index is 12.3. The Kier molecular flexibility index (Phi) is 6.51. The molecule has 0 radical (unpaired) electrons. The van der Waals surface area contributed by atoms with E-state index in [1.165, 1.54) is 12.1 Å². The average Bonchev–Trinajstić information content (AvgIpc) is 2.57. The summed E-state index contributed by atoms with van der Waals surface area (Å²) in [6.07, 6.45) is 2.45. The Balaban J connectivity index is 2.05. The summed E-state index contributed by atoms with van der Waals surface area (Å²) in [5, 5.41) is 26.5. The lowest BCUT2D eigenvalue weighted by Crippen LogP contribution is -2.38. The fraction of sp³-hybridized carbons (Fsp3) is 0.562. The zero-order chi connectivity index (χ0) is 17.5. The molecule has 1 aliphatic rings. The van der Waals surface area contributed by atoms with E-state index in [9.17, 15) is 20.0 Å². The Labute approximate surface area is 140 Å². The van der Waals surface area contributed by atoms with Gasteiger partial charge in [0.2, 0.25) is 0 Å². The van der Waals surface area contributed by atoms with E-state index in [0.29, 0.717) is 44.5 Å². The summed E-state index contributed by atoms with van der Waals surface area (Å²) in [4.78, 5) is 23.0. The standard InChI is InChI=1S/C16H23N3O5/c1-24-9-8-17-14-7-2-11(10-15(14)19(22)23)16(21)18-12-3-5-13(20)6-4-12/h2,7,10,12-13,17,20H,3-6,8-9H2,1H3,(H,18,21). The molecule has 8 heteroatoms. The highest BCUT2D eigenvalue weighted by Gasteiger charge is 2.23. The number of nitrogens with zero attached hydrogens (tertiary/aromatic N) is 1. The van der Waals surface area contributed by atoms with E-state index >= 15 is 0 Å². The van der Waals surface area contributed by atoms with Crippen molar-refractivity contribution in [2.45, 2.75) is 37.8 Å². The quantitative estimate of drug-likeness (QED) is 0.396. The van der Waals surface area contributed by atoms with E-state index < -0.39 is 4.92 Å². The van der Waals surface area contributed by atoms with Crippen molar-refractivity contribution in [2.24, 2.45) is 0 Å². The van der Waals surface area contributed by atoms with Gasteiger partial charge in [-0.3, -0.25) is 14.9 Å². The molecule has 0 bridgehead atoms. The first-order valence-electron chi connectivity index (χ1n) is 8.01. The van der Waals surface area contributed by atoms with E-state index in [1.807, 2.05) is 0 Å². The zero-order valence-corrected chi connectivity index (χ0v) is 13.7. The van der Waals surface area contributed by atoms with E-state index in [4.69, 9.17) is 4.74 Å². The van der Waals surface area contributed by atoms with Crippen molar-refractivity contribution < 1.29 is 19.6 Å². The van der Waals surface area contributed by atoms with Crippen LogP contribution in [0, 0.1) is 10.1 Å². The largest absolute Gasteiger partial charge is 0.393 e. The summed E-state index contributed by atoms with van der Waals surface area (Å²) in [5.74, 6) is -0.331. The predicted molar refractivity (Wildman–Crippen MR) is 89.2 cm³/mol. The van der Waals surface area contributed by atoms with Gasteiger partial charge in [-0.2, -0.15) is 0 Å². The van der Waals surface area contributed by atoms with Gasteiger partial charge in [0.15, 0.2) is 0 Å². The zero-order valence-electron chi connectivity index (χ0n) is 13.7. The van der Waals surface area contributed by atoms with E-state index in [0.717, 1.165) is 0 Å². The molecule has 1 amide bonds. The van der Waals surface area contributed by atoms with E-state index in [1.54, 1.807) is 13.2 Å². The highest BCUT2D eigenvalue weighted by Crippen LogP contribution is 2.26. The minimum absolute atomic E-state index is 0.000499. The van der Waals surface area contributed by atoms with Crippen LogP contribution in [0.25, 0.3) is 0 Å². The monoisotopic (exact) mass is 337 g/mol. The number of ether oxygens (including phenoxy) is 1. The van der Waals surface area contributed by atoms with Crippen molar-refractivity contribution >= 4 is 17.3 Å². The number of nitro groups is 1. The molecule has 0 aliphatic heterocycles. The summed E-state index contributed by atoms with van der Waals surface area (Å²) in [7, 11) is 1.55. The molecule has 0 atom stereocenters. The first-order chi connectivity index (χ1) is 11.5. The van der Waals surface area contributed by atoms with Crippen LogP contribution in [0.1, 0.15) is 36.0 Å². The lowest BCUT2D eigenvalue weighted by molar-refractivity contribution is -0.384. The first-order valence-corrected chi connectivity index (χ1v) is 8.01. The number of methoxy groups -OCH3 is 1. The highest BCUT2D eigenvalue weighted by atomic mass is 16.6. The molecular formula is C16H23N3O5. The molecule has 3 N–H and O–H groups in total. The molecule has 0 aromatic heterocycles. The number of aliphatic hydroxyl groups excluding tert-OH is 1. The van der Waals surface area contributed by atoms with Crippen LogP contribution >= 0.6 is 0 Å². The number of carbonyl (C=O) groups excluding carboxylic acids is 1. The van der Waals surface area contributed by atoms with Gasteiger partial charge in [0, 0.05) is 31.3 Å².